The summed E-state index contributed by atoms with van der Waals surface area (Å²) in [5.74, 6) is -2.24. The molecule has 0 unspecified atom stereocenters. The third kappa shape index (κ3) is 5.59. The molecule has 1 aliphatic rings. The number of carbonyl (C=O) groups excluding carboxylic acids is 1. The Hall–Kier alpha value is -2.52. The second-order valence-electron chi connectivity index (χ2n) is 7.83. The van der Waals surface area contributed by atoms with E-state index >= 15 is 0 Å². The number of piperidine rings is 1. The van der Waals surface area contributed by atoms with E-state index in [1.165, 1.54) is 16.4 Å². The molecule has 1 amide bonds. The van der Waals surface area contributed by atoms with Crippen molar-refractivity contribution in [1.82, 2.24) is 4.31 Å². The first-order valence-electron chi connectivity index (χ1n) is 10.2. The van der Waals surface area contributed by atoms with Gasteiger partial charge in [0.25, 0.3) is 0 Å². The van der Waals surface area contributed by atoms with Crippen molar-refractivity contribution >= 4 is 27.3 Å². The Kier molecular flexibility index (Phi) is 7.27. The van der Waals surface area contributed by atoms with E-state index < -0.39 is 21.7 Å². The van der Waals surface area contributed by atoms with Gasteiger partial charge in [-0.1, -0.05) is 12.5 Å². The zero-order chi connectivity index (χ0) is 22.6. The molecular formula is C22H27F2N3O3S. The van der Waals surface area contributed by atoms with E-state index in [1.807, 2.05) is 0 Å². The Morgan fingerprint density at radius 3 is 2.39 bits per heavy atom. The summed E-state index contributed by atoms with van der Waals surface area (Å²) in [4.78, 5) is 14.4. The molecule has 9 heteroatoms. The molecule has 1 saturated heterocycles. The van der Waals surface area contributed by atoms with Crippen LogP contribution in [-0.2, 0) is 21.2 Å². The van der Waals surface area contributed by atoms with Crippen LogP contribution in [0.25, 0.3) is 0 Å². The first kappa shape index (κ1) is 23.1. The lowest BCUT2D eigenvalue weighted by Gasteiger charge is -2.26. The third-order valence-corrected chi connectivity index (χ3v) is 7.20. The van der Waals surface area contributed by atoms with Crippen molar-refractivity contribution in [1.29, 1.82) is 0 Å². The number of nitrogens with one attached hydrogen (secondary N) is 1. The maximum Gasteiger partial charge on any atom is 0.243 e. The van der Waals surface area contributed by atoms with Gasteiger partial charge in [0.15, 0.2) is 11.6 Å². The quantitative estimate of drug-likeness (QED) is 0.696. The predicted molar refractivity (Wildman–Crippen MR) is 117 cm³/mol. The van der Waals surface area contributed by atoms with Gasteiger partial charge < -0.3 is 10.2 Å². The number of nitrogens with zero attached hydrogens (tertiary/aromatic N) is 2. The average Bonchev–Trinajstić information content (AvgIpc) is 2.75. The van der Waals surface area contributed by atoms with Gasteiger partial charge in [-0.25, -0.2) is 17.2 Å². The van der Waals surface area contributed by atoms with Gasteiger partial charge in [-0.2, -0.15) is 4.31 Å². The van der Waals surface area contributed by atoms with Crippen LogP contribution in [0, 0.1) is 11.6 Å². The second-order valence-corrected chi connectivity index (χ2v) is 9.77. The molecule has 168 valence electrons. The summed E-state index contributed by atoms with van der Waals surface area (Å²) < 4.78 is 53.9. The number of hydrogen-bond donors (Lipinski definition) is 1. The molecule has 0 saturated carbocycles. The van der Waals surface area contributed by atoms with Crippen LogP contribution in [0.3, 0.4) is 0 Å². The highest BCUT2D eigenvalue weighted by Crippen LogP contribution is 2.30. The Balaban J connectivity index is 1.77. The minimum Gasteiger partial charge on any atom is -0.376 e. The number of rotatable bonds is 7. The van der Waals surface area contributed by atoms with Crippen molar-refractivity contribution in [3.8, 4) is 0 Å². The van der Waals surface area contributed by atoms with Crippen molar-refractivity contribution in [2.75, 3.05) is 37.4 Å². The Labute approximate surface area is 181 Å². The lowest BCUT2D eigenvalue weighted by Crippen LogP contribution is -2.35. The summed E-state index contributed by atoms with van der Waals surface area (Å²) in [6.07, 6.45) is 2.96. The molecule has 0 radical (unpaired) electrons. The van der Waals surface area contributed by atoms with Crippen molar-refractivity contribution in [2.24, 2.45) is 0 Å². The predicted octanol–water partition coefficient (Wildman–Crippen LogP) is 3.78. The number of aryl methyl sites for hydroxylation is 1. The number of benzene rings is 2. The van der Waals surface area contributed by atoms with E-state index in [0.717, 1.165) is 31.4 Å². The molecule has 0 aromatic heterocycles. The maximum absolute atomic E-state index is 13.4. The molecule has 0 bridgehead atoms. The summed E-state index contributed by atoms with van der Waals surface area (Å²) in [6, 6.07) is 8.23. The Morgan fingerprint density at radius 1 is 1.03 bits per heavy atom. The van der Waals surface area contributed by atoms with Crippen LogP contribution in [-0.4, -0.2) is 45.8 Å². The Bertz CT molecular complexity index is 1050. The van der Waals surface area contributed by atoms with Crippen LogP contribution in [0.2, 0.25) is 0 Å². The van der Waals surface area contributed by atoms with Gasteiger partial charge in [0.05, 0.1) is 16.3 Å². The fourth-order valence-corrected chi connectivity index (χ4v) is 5.13. The van der Waals surface area contributed by atoms with Gasteiger partial charge in [-0.3, -0.25) is 4.79 Å². The van der Waals surface area contributed by atoms with Crippen LogP contribution in [0.5, 0.6) is 0 Å². The zero-order valence-corrected chi connectivity index (χ0v) is 18.5. The second kappa shape index (κ2) is 9.74. The van der Waals surface area contributed by atoms with E-state index in [2.05, 4.69) is 5.32 Å². The first-order chi connectivity index (χ1) is 14.7. The molecule has 2 aromatic carbocycles. The van der Waals surface area contributed by atoms with Crippen LogP contribution in [0.15, 0.2) is 41.3 Å². The normalized spacial score (nSPS) is 15.0. The summed E-state index contributed by atoms with van der Waals surface area (Å²) in [6.45, 7) is 0.987. The largest absolute Gasteiger partial charge is 0.376 e. The van der Waals surface area contributed by atoms with Gasteiger partial charge in [-0.05, 0) is 55.2 Å². The first-order valence-corrected chi connectivity index (χ1v) is 11.7. The van der Waals surface area contributed by atoms with Crippen molar-refractivity contribution in [2.45, 2.75) is 37.0 Å². The molecule has 31 heavy (non-hydrogen) atoms. The number of halogens is 2. The Morgan fingerprint density at radius 2 is 1.74 bits per heavy atom. The molecule has 1 N–H and O–H groups in total. The molecule has 0 aliphatic carbocycles. The number of amides is 1. The molecule has 0 atom stereocenters. The molecular weight excluding hydrogens is 424 g/mol. The SMILES string of the molecule is CN(C)c1ccc(S(=O)(=O)N2CCCCC2)cc1NC(=O)CCc1ccc(F)c(F)c1. The van der Waals surface area contributed by atoms with Crippen LogP contribution < -0.4 is 10.2 Å². The van der Waals surface area contributed by atoms with Gasteiger partial charge in [0, 0.05) is 33.6 Å². The van der Waals surface area contributed by atoms with E-state index in [9.17, 15) is 22.0 Å². The molecule has 1 fully saturated rings. The minimum absolute atomic E-state index is 0.0427. The summed E-state index contributed by atoms with van der Waals surface area (Å²) in [5, 5.41) is 2.77. The van der Waals surface area contributed by atoms with Crippen molar-refractivity contribution in [3.63, 3.8) is 0 Å². The van der Waals surface area contributed by atoms with Gasteiger partial charge in [-0.15, -0.1) is 0 Å². The van der Waals surface area contributed by atoms with Crippen molar-refractivity contribution < 1.29 is 22.0 Å². The minimum atomic E-state index is -3.64. The fraction of sp³-hybridized carbons (Fsp3) is 0.409. The maximum atomic E-state index is 13.4. The van der Waals surface area contributed by atoms with E-state index in [0.29, 0.717) is 30.0 Å². The number of hydrogen-bond acceptors (Lipinski definition) is 4. The topological polar surface area (TPSA) is 69.7 Å². The van der Waals surface area contributed by atoms with E-state index in [1.54, 1.807) is 31.1 Å². The lowest BCUT2D eigenvalue weighted by molar-refractivity contribution is -0.116. The molecule has 6 nitrogen and oxygen atoms in total. The highest BCUT2D eigenvalue weighted by molar-refractivity contribution is 7.89. The fourth-order valence-electron chi connectivity index (χ4n) is 3.59. The summed E-state index contributed by atoms with van der Waals surface area (Å²) >= 11 is 0. The third-order valence-electron chi connectivity index (χ3n) is 5.30. The number of sulfonamides is 1. The monoisotopic (exact) mass is 451 g/mol. The standard InChI is InChI=1S/C22H27F2N3O3S/c1-26(2)21-10-8-17(31(29,30)27-12-4-3-5-13-27)15-20(21)25-22(28)11-7-16-6-9-18(23)19(24)14-16/h6,8-10,14-15H,3-5,7,11-13H2,1-2H3,(H,25,28). The van der Waals surface area contributed by atoms with Crippen LogP contribution in [0.1, 0.15) is 31.2 Å². The van der Waals surface area contributed by atoms with Crippen LogP contribution in [0.4, 0.5) is 20.2 Å². The molecule has 0 spiro atoms. The molecule has 2 aromatic rings. The zero-order valence-electron chi connectivity index (χ0n) is 17.7. The van der Waals surface area contributed by atoms with Gasteiger partial charge in [0.2, 0.25) is 15.9 Å². The van der Waals surface area contributed by atoms with Crippen LogP contribution >= 0.6 is 0 Å². The smallest absolute Gasteiger partial charge is 0.243 e. The molecule has 3 rings (SSSR count). The summed E-state index contributed by atoms with van der Waals surface area (Å²) in [5.41, 5.74) is 1.56. The van der Waals surface area contributed by atoms with E-state index in [-0.39, 0.29) is 23.6 Å². The number of anilines is 2. The highest BCUT2D eigenvalue weighted by atomic mass is 32.2. The molecule has 1 aliphatic heterocycles. The highest BCUT2D eigenvalue weighted by Gasteiger charge is 2.27. The summed E-state index contributed by atoms with van der Waals surface area (Å²) in [7, 11) is -0.0471. The lowest BCUT2D eigenvalue weighted by atomic mass is 10.1. The van der Waals surface area contributed by atoms with E-state index in [4.69, 9.17) is 0 Å². The van der Waals surface area contributed by atoms with Gasteiger partial charge >= 0.3 is 0 Å². The van der Waals surface area contributed by atoms with Gasteiger partial charge in [0.1, 0.15) is 0 Å². The van der Waals surface area contributed by atoms with Crippen molar-refractivity contribution in [3.05, 3.63) is 53.6 Å². The average molecular weight is 452 g/mol. The molecule has 1 heterocycles. The number of carbonyl (C=O) groups is 1.